The SMILES string of the molecule is C=C(CCC(C)C1CCC2C3=CCC4C(C)(O)C(O)CCC4(C)C3CCC21C)C(C)C. The number of hydrogen-bond donors (Lipinski definition) is 2. The van der Waals surface area contributed by atoms with E-state index in [1.54, 1.807) is 5.57 Å². The van der Waals surface area contributed by atoms with E-state index in [2.05, 4.69) is 47.3 Å². The second kappa shape index (κ2) is 8.01. The third-order valence-electron chi connectivity index (χ3n) is 11.1. The highest BCUT2D eigenvalue weighted by molar-refractivity contribution is 5.29. The molecule has 4 aliphatic carbocycles. The van der Waals surface area contributed by atoms with E-state index in [0.29, 0.717) is 17.3 Å². The van der Waals surface area contributed by atoms with Crippen LogP contribution in [-0.2, 0) is 0 Å². The first-order chi connectivity index (χ1) is 14.4. The van der Waals surface area contributed by atoms with Crippen molar-refractivity contribution in [1.29, 1.82) is 0 Å². The highest BCUT2D eigenvalue weighted by atomic mass is 16.3. The highest BCUT2D eigenvalue weighted by Gasteiger charge is 2.61. The molecule has 2 N–H and O–H groups in total. The molecule has 2 heteroatoms. The molecule has 0 radical (unpaired) electrons. The van der Waals surface area contributed by atoms with Gasteiger partial charge in [0.05, 0.1) is 11.7 Å². The minimum Gasteiger partial charge on any atom is -0.390 e. The van der Waals surface area contributed by atoms with Crippen LogP contribution in [0, 0.1) is 46.3 Å². The van der Waals surface area contributed by atoms with Gasteiger partial charge in [0, 0.05) is 0 Å². The minimum atomic E-state index is -0.957. The fourth-order valence-corrected chi connectivity index (χ4v) is 8.86. The van der Waals surface area contributed by atoms with Crippen LogP contribution in [0.5, 0.6) is 0 Å². The zero-order chi connectivity index (χ0) is 22.8. The molecule has 4 rings (SSSR count). The number of allylic oxidation sites excluding steroid dienone is 3. The van der Waals surface area contributed by atoms with Gasteiger partial charge in [-0.2, -0.15) is 0 Å². The second-order valence-electron chi connectivity index (χ2n) is 12.9. The van der Waals surface area contributed by atoms with Gasteiger partial charge in [0.25, 0.3) is 0 Å². The minimum absolute atomic E-state index is 0.132. The Hall–Kier alpha value is -0.600. The summed E-state index contributed by atoms with van der Waals surface area (Å²) in [6, 6.07) is 0. The van der Waals surface area contributed by atoms with Gasteiger partial charge in [0.15, 0.2) is 0 Å². The fourth-order valence-electron chi connectivity index (χ4n) is 8.86. The lowest BCUT2D eigenvalue weighted by Crippen LogP contribution is -2.60. The van der Waals surface area contributed by atoms with E-state index >= 15 is 0 Å². The van der Waals surface area contributed by atoms with Crippen molar-refractivity contribution < 1.29 is 10.2 Å². The molecule has 0 aromatic heterocycles. The Labute approximate surface area is 191 Å². The van der Waals surface area contributed by atoms with Crippen molar-refractivity contribution in [2.24, 2.45) is 46.3 Å². The lowest BCUT2D eigenvalue weighted by atomic mass is 9.45. The molecule has 176 valence electrons. The normalized spacial score (nSPS) is 47.9. The summed E-state index contributed by atoms with van der Waals surface area (Å²) in [5.41, 5.74) is 2.76. The van der Waals surface area contributed by atoms with E-state index in [1.807, 2.05) is 6.92 Å². The van der Waals surface area contributed by atoms with Crippen molar-refractivity contribution in [1.82, 2.24) is 0 Å². The number of rotatable bonds is 5. The zero-order valence-electron chi connectivity index (χ0n) is 21.1. The Morgan fingerprint density at radius 3 is 2.35 bits per heavy atom. The van der Waals surface area contributed by atoms with E-state index in [4.69, 9.17) is 0 Å². The maximum absolute atomic E-state index is 11.2. The van der Waals surface area contributed by atoms with Gasteiger partial charge in [-0.1, -0.05) is 58.4 Å². The molecule has 0 amide bonds. The summed E-state index contributed by atoms with van der Waals surface area (Å²) in [5, 5.41) is 21.7. The van der Waals surface area contributed by atoms with Gasteiger partial charge < -0.3 is 10.2 Å². The summed E-state index contributed by atoms with van der Waals surface area (Å²) < 4.78 is 0. The van der Waals surface area contributed by atoms with Crippen LogP contribution in [-0.4, -0.2) is 21.9 Å². The molecular formula is C29H48O2. The van der Waals surface area contributed by atoms with Crippen molar-refractivity contribution in [2.45, 2.75) is 111 Å². The Morgan fingerprint density at radius 2 is 1.68 bits per heavy atom. The Bertz CT molecular complexity index is 733. The number of aliphatic hydroxyl groups is 2. The van der Waals surface area contributed by atoms with Gasteiger partial charge in [-0.05, 0) is 111 Å². The number of fused-ring (bicyclic) bond motifs is 5. The predicted octanol–water partition coefficient (Wildman–Crippen LogP) is 6.92. The van der Waals surface area contributed by atoms with Crippen LogP contribution >= 0.6 is 0 Å². The average molecular weight is 429 g/mol. The summed E-state index contributed by atoms with van der Waals surface area (Å²) in [7, 11) is 0. The van der Waals surface area contributed by atoms with Gasteiger partial charge in [-0.15, -0.1) is 0 Å². The van der Waals surface area contributed by atoms with Gasteiger partial charge >= 0.3 is 0 Å². The van der Waals surface area contributed by atoms with E-state index in [1.165, 1.54) is 44.1 Å². The van der Waals surface area contributed by atoms with E-state index in [-0.39, 0.29) is 11.3 Å². The maximum Gasteiger partial charge on any atom is 0.0913 e. The third-order valence-corrected chi connectivity index (χ3v) is 11.1. The number of aliphatic hydroxyl groups excluding tert-OH is 1. The van der Waals surface area contributed by atoms with Gasteiger partial charge in [-0.3, -0.25) is 0 Å². The van der Waals surface area contributed by atoms with Gasteiger partial charge in [-0.25, -0.2) is 0 Å². The lowest BCUT2D eigenvalue weighted by molar-refractivity contribution is -0.184. The van der Waals surface area contributed by atoms with E-state index in [0.717, 1.165) is 37.0 Å². The largest absolute Gasteiger partial charge is 0.390 e. The molecule has 9 atom stereocenters. The predicted molar refractivity (Wildman–Crippen MR) is 130 cm³/mol. The van der Waals surface area contributed by atoms with E-state index in [9.17, 15) is 10.2 Å². The monoisotopic (exact) mass is 428 g/mol. The first-order valence-electron chi connectivity index (χ1n) is 13.2. The van der Waals surface area contributed by atoms with Crippen molar-refractivity contribution in [3.8, 4) is 0 Å². The van der Waals surface area contributed by atoms with Crippen LogP contribution in [0.4, 0.5) is 0 Å². The average Bonchev–Trinajstić information content (AvgIpc) is 3.06. The summed E-state index contributed by atoms with van der Waals surface area (Å²) in [5.74, 6) is 3.68. The van der Waals surface area contributed by atoms with Crippen molar-refractivity contribution in [3.63, 3.8) is 0 Å². The zero-order valence-corrected chi connectivity index (χ0v) is 21.1. The topological polar surface area (TPSA) is 40.5 Å². The van der Waals surface area contributed by atoms with Crippen LogP contribution < -0.4 is 0 Å². The molecule has 2 nitrogen and oxygen atoms in total. The Kier molecular flexibility index (Phi) is 6.09. The number of hydrogen-bond acceptors (Lipinski definition) is 2. The quantitative estimate of drug-likeness (QED) is 0.467. The first kappa shape index (κ1) is 23.6. The summed E-state index contributed by atoms with van der Waals surface area (Å²) in [6.07, 6.45) is 12.5. The molecule has 0 heterocycles. The van der Waals surface area contributed by atoms with Crippen LogP contribution in [0.3, 0.4) is 0 Å². The molecular weight excluding hydrogens is 380 g/mol. The van der Waals surface area contributed by atoms with Crippen LogP contribution in [0.15, 0.2) is 23.8 Å². The van der Waals surface area contributed by atoms with Gasteiger partial charge in [0.1, 0.15) is 0 Å². The van der Waals surface area contributed by atoms with Crippen molar-refractivity contribution >= 4 is 0 Å². The van der Waals surface area contributed by atoms with Crippen LogP contribution in [0.1, 0.15) is 99.3 Å². The molecule has 0 aromatic rings. The lowest BCUT2D eigenvalue weighted by Gasteiger charge is -2.61. The van der Waals surface area contributed by atoms with E-state index < -0.39 is 11.7 Å². The molecule has 3 saturated carbocycles. The summed E-state index contributed by atoms with van der Waals surface area (Å²) >= 11 is 0. The molecule has 4 aliphatic rings. The molecule has 3 fully saturated rings. The Balaban J connectivity index is 1.54. The van der Waals surface area contributed by atoms with Crippen molar-refractivity contribution in [2.75, 3.05) is 0 Å². The van der Waals surface area contributed by atoms with Gasteiger partial charge in [0.2, 0.25) is 0 Å². The Morgan fingerprint density at radius 1 is 1.03 bits per heavy atom. The third kappa shape index (κ3) is 3.59. The molecule has 31 heavy (non-hydrogen) atoms. The molecule has 0 aliphatic heterocycles. The maximum atomic E-state index is 11.2. The molecule has 9 unspecified atom stereocenters. The molecule has 0 spiro atoms. The van der Waals surface area contributed by atoms with Crippen LogP contribution in [0.25, 0.3) is 0 Å². The standard InChI is InChI=1S/C29H48O2/c1-18(2)19(3)8-9-20(4)22-11-12-23-21-10-13-25-28(6,17-15-26(30)29(25,7)31)24(21)14-16-27(22,23)5/h10,18,20,22-26,30-31H,3,8-9,11-17H2,1-2,4-7H3. The smallest absolute Gasteiger partial charge is 0.0913 e. The van der Waals surface area contributed by atoms with Crippen molar-refractivity contribution in [3.05, 3.63) is 23.8 Å². The molecule has 0 bridgehead atoms. The second-order valence-corrected chi connectivity index (χ2v) is 12.9. The molecule has 0 aromatic carbocycles. The molecule has 0 saturated heterocycles. The first-order valence-corrected chi connectivity index (χ1v) is 13.2. The van der Waals surface area contributed by atoms with Crippen LogP contribution in [0.2, 0.25) is 0 Å². The highest BCUT2D eigenvalue weighted by Crippen LogP contribution is 2.67. The summed E-state index contributed by atoms with van der Waals surface area (Å²) in [6.45, 7) is 18.3. The summed E-state index contributed by atoms with van der Waals surface area (Å²) in [4.78, 5) is 0. The fraction of sp³-hybridized carbons (Fsp3) is 0.862.